The maximum Gasteiger partial charge on any atom is 0.326 e. The van der Waals surface area contributed by atoms with Gasteiger partial charge in [0.05, 0.1) is 12.1 Å². The minimum Gasteiger partial charge on any atom is -0.303 e. The molecule has 0 atom stereocenters. The molecule has 0 unspecified atom stereocenters. The van der Waals surface area contributed by atoms with Crippen LogP contribution in [-0.2, 0) is 6.54 Å². The number of hydrogen-bond acceptors (Lipinski definition) is 1. The Labute approximate surface area is 113 Å². The second kappa shape index (κ2) is 4.55. The minimum absolute atomic E-state index is 0.222. The summed E-state index contributed by atoms with van der Waals surface area (Å²) in [5.41, 5.74) is 1.22. The molecular formula is C14H10ClFN2O. The average molecular weight is 277 g/mol. The Bertz CT molecular complexity index is 807. The Morgan fingerprint density at radius 2 is 1.95 bits per heavy atom. The smallest absolute Gasteiger partial charge is 0.303 e. The molecule has 3 aromatic rings. The summed E-state index contributed by atoms with van der Waals surface area (Å²) in [6.07, 6.45) is 0. The predicted octanol–water partition coefficient (Wildman–Crippen LogP) is 3.17. The number of para-hydroxylation sites is 1. The number of fused-ring (bicyclic) bond motifs is 1. The van der Waals surface area contributed by atoms with Crippen LogP contribution in [0.5, 0.6) is 0 Å². The van der Waals surface area contributed by atoms with E-state index in [0.717, 1.165) is 5.56 Å². The van der Waals surface area contributed by atoms with Crippen LogP contribution in [0.4, 0.5) is 4.39 Å². The van der Waals surface area contributed by atoms with E-state index in [1.54, 1.807) is 18.2 Å². The molecule has 1 aromatic heterocycles. The second-order valence-electron chi connectivity index (χ2n) is 4.24. The van der Waals surface area contributed by atoms with Crippen LogP contribution in [0.3, 0.4) is 0 Å². The molecule has 0 aliphatic rings. The fourth-order valence-electron chi connectivity index (χ4n) is 2.10. The highest BCUT2D eigenvalue weighted by atomic mass is 35.5. The molecule has 2 aromatic carbocycles. The van der Waals surface area contributed by atoms with Crippen molar-refractivity contribution in [2.24, 2.45) is 0 Å². The zero-order valence-electron chi connectivity index (χ0n) is 9.86. The number of hydrogen-bond donors (Lipinski definition) is 1. The number of aromatic nitrogens is 2. The maximum absolute atomic E-state index is 13.6. The highest BCUT2D eigenvalue weighted by molar-refractivity contribution is 6.31. The van der Waals surface area contributed by atoms with Gasteiger partial charge >= 0.3 is 5.69 Å². The van der Waals surface area contributed by atoms with Gasteiger partial charge in [-0.15, -0.1) is 0 Å². The molecule has 3 rings (SSSR count). The number of aromatic amines is 1. The van der Waals surface area contributed by atoms with E-state index in [-0.39, 0.29) is 11.2 Å². The molecule has 0 aliphatic carbocycles. The minimum atomic E-state index is -0.437. The predicted molar refractivity (Wildman–Crippen MR) is 73.1 cm³/mol. The molecule has 0 bridgehead atoms. The van der Waals surface area contributed by atoms with E-state index in [9.17, 15) is 9.18 Å². The van der Waals surface area contributed by atoms with Crippen LogP contribution in [0.25, 0.3) is 11.0 Å². The zero-order chi connectivity index (χ0) is 13.4. The van der Waals surface area contributed by atoms with Crippen LogP contribution in [0.1, 0.15) is 5.56 Å². The van der Waals surface area contributed by atoms with E-state index in [2.05, 4.69) is 4.98 Å². The first kappa shape index (κ1) is 12.0. The second-order valence-corrected chi connectivity index (χ2v) is 4.65. The third-order valence-electron chi connectivity index (χ3n) is 3.05. The highest BCUT2D eigenvalue weighted by Gasteiger charge is 2.11. The van der Waals surface area contributed by atoms with Crippen molar-refractivity contribution in [1.29, 1.82) is 0 Å². The van der Waals surface area contributed by atoms with Crippen molar-refractivity contribution in [1.82, 2.24) is 9.55 Å². The van der Waals surface area contributed by atoms with Crippen molar-refractivity contribution in [3.8, 4) is 0 Å². The molecule has 96 valence electrons. The summed E-state index contributed by atoms with van der Waals surface area (Å²) < 4.78 is 15.1. The van der Waals surface area contributed by atoms with Gasteiger partial charge in [-0.05, 0) is 23.8 Å². The number of benzene rings is 2. The van der Waals surface area contributed by atoms with Crippen molar-refractivity contribution < 1.29 is 4.39 Å². The Kier molecular flexibility index (Phi) is 2.87. The molecule has 0 radical (unpaired) electrons. The van der Waals surface area contributed by atoms with Crippen molar-refractivity contribution in [2.45, 2.75) is 6.54 Å². The van der Waals surface area contributed by atoms with E-state index in [4.69, 9.17) is 11.6 Å². The first-order chi connectivity index (χ1) is 9.16. The molecule has 0 spiro atoms. The highest BCUT2D eigenvalue weighted by Crippen LogP contribution is 2.19. The van der Waals surface area contributed by atoms with Crippen molar-refractivity contribution in [3.63, 3.8) is 0 Å². The van der Waals surface area contributed by atoms with Gasteiger partial charge in [0.25, 0.3) is 0 Å². The molecule has 19 heavy (non-hydrogen) atoms. The summed E-state index contributed by atoms with van der Waals surface area (Å²) in [6.45, 7) is 0.307. The Morgan fingerprint density at radius 3 is 2.74 bits per heavy atom. The lowest BCUT2D eigenvalue weighted by molar-refractivity contribution is 0.637. The molecule has 3 nitrogen and oxygen atoms in total. The Hall–Kier alpha value is -2.07. The molecule has 1 heterocycles. The topological polar surface area (TPSA) is 37.8 Å². The maximum atomic E-state index is 13.6. The normalized spacial score (nSPS) is 11.1. The summed E-state index contributed by atoms with van der Waals surface area (Å²) >= 11 is 6.08. The van der Waals surface area contributed by atoms with Gasteiger partial charge in [-0.25, -0.2) is 9.18 Å². The van der Waals surface area contributed by atoms with Crippen molar-refractivity contribution in [2.75, 3.05) is 0 Å². The van der Waals surface area contributed by atoms with Crippen LogP contribution in [0, 0.1) is 5.82 Å². The third kappa shape index (κ3) is 2.04. The number of imidazole rings is 1. The van der Waals surface area contributed by atoms with Crippen LogP contribution in [-0.4, -0.2) is 9.55 Å². The zero-order valence-corrected chi connectivity index (χ0v) is 10.6. The lowest BCUT2D eigenvalue weighted by Crippen LogP contribution is -2.17. The lowest BCUT2D eigenvalue weighted by Gasteiger charge is -2.05. The SMILES string of the molecule is O=c1[nH]c2c(F)cccc2n1Cc1ccccc1Cl. The number of H-pyrrole nitrogens is 1. The summed E-state index contributed by atoms with van der Waals surface area (Å²) in [6, 6.07) is 11.9. The average Bonchev–Trinajstić information content (AvgIpc) is 2.71. The van der Waals surface area contributed by atoms with Crippen LogP contribution < -0.4 is 5.69 Å². The van der Waals surface area contributed by atoms with Gasteiger partial charge in [0.15, 0.2) is 0 Å². The van der Waals surface area contributed by atoms with Crippen LogP contribution >= 0.6 is 11.6 Å². The van der Waals surface area contributed by atoms with Gasteiger partial charge < -0.3 is 4.98 Å². The fraction of sp³-hybridized carbons (Fsp3) is 0.0714. The fourth-order valence-corrected chi connectivity index (χ4v) is 2.29. The largest absolute Gasteiger partial charge is 0.326 e. The van der Waals surface area contributed by atoms with Crippen molar-refractivity contribution in [3.05, 3.63) is 69.4 Å². The molecule has 1 N–H and O–H groups in total. The van der Waals surface area contributed by atoms with Gasteiger partial charge in [0, 0.05) is 5.02 Å². The molecule has 0 amide bonds. The molecular weight excluding hydrogens is 267 g/mol. The third-order valence-corrected chi connectivity index (χ3v) is 3.41. The van der Waals surface area contributed by atoms with Crippen LogP contribution in [0.15, 0.2) is 47.3 Å². The summed E-state index contributed by atoms with van der Waals surface area (Å²) in [5, 5.41) is 0.583. The number of rotatable bonds is 2. The van der Waals surface area contributed by atoms with E-state index in [0.29, 0.717) is 17.1 Å². The van der Waals surface area contributed by atoms with E-state index < -0.39 is 5.82 Å². The summed E-state index contributed by atoms with van der Waals surface area (Å²) in [7, 11) is 0. The molecule has 0 fully saturated rings. The van der Waals surface area contributed by atoms with Gasteiger partial charge in [-0.1, -0.05) is 35.9 Å². The van der Waals surface area contributed by atoms with E-state index in [1.807, 2.05) is 18.2 Å². The quantitative estimate of drug-likeness (QED) is 0.767. The molecule has 0 aliphatic heterocycles. The molecule has 0 saturated carbocycles. The molecule has 0 saturated heterocycles. The first-order valence-electron chi connectivity index (χ1n) is 5.77. The van der Waals surface area contributed by atoms with Gasteiger partial charge in [-0.2, -0.15) is 0 Å². The lowest BCUT2D eigenvalue weighted by atomic mass is 10.2. The number of halogens is 2. The number of nitrogens with one attached hydrogen (secondary N) is 1. The van der Waals surface area contributed by atoms with Gasteiger partial charge in [-0.3, -0.25) is 4.57 Å². The van der Waals surface area contributed by atoms with Crippen LogP contribution in [0.2, 0.25) is 5.02 Å². The Morgan fingerprint density at radius 1 is 1.16 bits per heavy atom. The summed E-state index contributed by atoms with van der Waals surface area (Å²) in [5.74, 6) is -0.437. The van der Waals surface area contributed by atoms with Gasteiger partial charge in [0.1, 0.15) is 11.3 Å². The van der Waals surface area contributed by atoms with E-state index in [1.165, 1.54) is 10.6 Å². The monoisotopic (exact) mass is 276 g/mol. The molecule has 5 heteroatoms. The summed E-state index contributed by atoms with van der Waals surface area (Å²) in [4.78, 5) is 14.4. The van der Waals surface area contributed by atoms with E-state index >= 15 is 0 Å². The van der Waals surface area contributed by atoms with Gasteiger partial charge in [0.2, 0.25) is 0 Å². The standard InChI is InChI=1S/C14H10ClFN2O/c15-10-5-2-1-4-9(10)8-18-12-7-3-6-11(16)13(12)17-14(18)19/h1-7H,8H2,(H,17,19). The Balaban J connectivity index is 2.16. The first-order valence-corrected chi connectivity index (χ1v) is 6.15. The van der Waals surface area contributed by atoms with Crippen molar-refractivity contribution >= 4 is 22.6 Å². The number of nitrogens with zero attached hydrogens (tertiary/aromatic N) is 1.